The minimum atomic E-state index is -2.82. The van der Waals surface area contributed by atoms with Crippen LogP contribution in [0.4, 0.5) is 5.82 Å². The van der Waals surface area contributed by atoms with E-state index in [1.807, 2.05) is 11.8 Å². The van der Waals surface area contributed by atoms with Gasteiger partial charge in [0.15, 0.2) is 9.84 Å². The van der Waals surface area contributed by atoms with Gasteiger partial charge in [0.2, 0.25) is 0 Å². The lowest BCUT2D eigenvalue weighted by Crippen LogP contribution is -2.39. The normalized spacial score (nSPS) is 23.8. The molecule has 3 rings (SSSR count). The summed E-state index contributed by atoms with van der Waals surface area (Å²) in [7, 11) is -2.82. The Morgan fingerprint density at radius 3 is 2.81 bits per heavy atom. The number of nitrogens with two attached hydrogens (primary N) is 1. The molecule has 1 saturated heterocycles. The molecule has 3 heterocycles. The Kier molecular flexibility index (Phi) is 2.22. The van der Waals surface area contributed by atoms with E-state index >= 15 is 0 Å². The molecule has 1 fully saturated rings. The fraction of sp³-hybridized carbons (Fsp3) is 0.667. The number of aromatic nitrogens is 2. The smallest absolute Gasteiger partial charge is 0.154 e. The molecule has 1 aromatic heterocycles. The highest BCUT2D eigenvalue weighted by Gasteiger charge is 2.37. The lowest BCUT2D eigenvalue weighted by Gasteiger charge is -2.26. The van der Waals surface area contributed by atoms with Gasteiger partial charge in [0.05, 0.1) is 23.2 Å². The van der Waals surface area contributed by atoms with E-state index in [0.717, 1.165) is 29.2 Å². The Labute approximate surface area is 98.3 Å². The standard InChI is InChI=1S/C9H13N3O2S2/c10-9-7-1-2-15-3-8(7)11-12(9)6-4-16(13,14)5-6/h6H,1-5,10H2. The number of hydrogen-bond acceptors (Lipinski definition) is 5. The summed E-state index contributed by atoms with van der Waals surface area (Å²) in [4.78, 5) is 0. The van der Waals surface area contributed by atoms with Crippen molar-refractivity contribution in [2.75, 3.05) is 23.0 Å². The molecule has 2 aliphatic rings. The van der Waals surface area contributed by atoms with E-state index in [2.05, 4.69) is 5.10 Å². The summed E-state index contributed by atoms with van der Waals surface area (Å²) in [6, 6.07) is -0.0411. The molecule has 0 aromatic carbocycles. The predicted molar refractivity (Wildman–Crippen MR) is 64.2 cm³/mol. The molecule has 0 atom stereocenters. The zero-order valence-corrected chi connectivity index (χ0v) is 10.4. The van der Waals surface area contributed by atoms with Crippen molar-refractivity contribution in [2.45, 2.75) is 18.2 Å². The predicted octanol–water partition coefficient (Wildman–Crippen LogP) is 0.224. The van der Waals surface area contributed by atoms with E-state index in [0.29, 0.717) is 5.82 Å². The molecule has 88 valence electrons. The van der Waals surface area contributed by atoms with E-state index in [-0.39, 0.29) is 17.5 Å². The molecule has 0 unspecified atom stereocenters. The van der Waals surface area contributed by atoms with Crippen LogP contribution in [-0.2, 0) is 22.0 Å². The van der Waals surface area contributed by atoms with Gasteiger partial charge in [0, 0.05) is 11.3 Å². The van der Waals surface area contributed by atoms with Gasteiger partial charge in [-0.2, -0.15) is 16.9 Å². The van der Waals surface area contributed by atoms with Crippen LogP contribution in [0.2, 0.25) is 0 Å². The highest BCUT2D eigenvalue weighted by atomic mass is 32.2. The van der Waals surface area contributed by atoms with E-state index in [1.54, 1.807) is 4.68 Å². The maximum Gasteiger partial charge on any atom is 0.154 e. The Morgan fingerprint density at radius 2 is 2.19 bits per heavy atom. The van der Waals surface area contributed by atoms with Gasteiger partial charge in [-0.3, -0.25) is 0 Å². The molecule has 0 radical (unpaired) electrons. The van der Waals surface area contributed by atoms with Gasteiger partial charge in [-0.1, -0.05) is 0 Å². The molecule has 7 heteroatoms. The molecule has 16 heavy (non-hydrogen) atoms. The molecule has 2 N–H and O–H groups in total. The van der Waals surface area contributed by atoms with E-state index in [1.165, 1.54) is 0 Å². The zero-order chi connectivity index (χ0) is 11.3. The van der Waals surface area contributed by atoms with Crippen molar-refractivity contribution >= 4 is 27.4 Å². The van der Waals surface area contributed by atoms with Gasteiger partial charge in [-0.25, -0.2) is 13.1 Å². The largest absolute Gasteiger partial charge is 0.384 e. The number of rotatable bonds is 1. The monoisotopic (exact) mass is 259 g/mol. The number of sulfone groups is 1. The van der Waals surface area contributed by atoms with Crippen molar-refractivity contribution < 1.29 is 8.42 Å². The number of fused-ring (bicyclic) bond motifs is 1. The van der Waals surface area contributed by atoms with Crippen molar-refractivity contribution in [3.8, 4) is 0 Å². The first-order valence-corrected chi connectivity index (χ1v) is 8.18. The summed E-state index contributed by atoms with van der Waals surface area (Å²) in [5.74, 6) is 3.02. The Morgan fingerprint density at radius 1 is 1.44 bits per heavy atom. The van der Waals surface area contributed by atoms with Crippen LogP contribution in [0.5, 0.6) is 0 Å². The third-order valence-corrected chi connectivity index (χ3v) is 5.86. The van der Waals surface area contributed by atoms with Gasteiger partial charge in [0.25, 0.3) is 0 Å². The first-order valence-electron chi connectivity index (χ1n) is 5.21. The molecule has 0 amide bonds. The summed E-state index contributed by atoms with van der Waals surface area (Å²) >= 11 is 1.85. The summed E-state index contributed by atoms with van der Waals surface area (Å²) < 4.78 is 24.0. The molecule has 0 saturated carbocycles. The first-order chi connectivity index (χ1) is 7.57. The van der Waals surface area contributed by atoms with Gasteiger partial charge in [-0.05, 0) is 12.2 Å². The second-order valence-corrected chi connectivity index (χ2v) is 7.55. The number of anilines is 1. The molecular weight excluding hydrogens is 246 g/mol. The number of nitrogen functional groups attached to an aromatic ring is 1. The van der Waals surface area contributed by atoms with Gasteiger partial charge in [-0.15, -0.1) is 0 Å². The van der Waals surface area contributed by atoms with E-state index < -0.39 is 9.84 Å². The molecular formula is C9H13N3O2S2. The van der Waals surface area contributed by atoms with Crippen molar-refractivity contribution in [1.82, 2.24) is 9.78 Å². The highest BCUT2D eigenvalue weighted by molar-refractivity contribution is 7.98. The molecule has 5 nitrogen and oxygen atoms in total. The van der Waals surface area contributed by atoms with Crippen LogP contribution in [0.25, 0.3) is 0 Å². The van der Waals surface area contributed by atoms with E-state index in [9.17, 15) is 8.42 Å². The van der Waals surface area contributed by atoms with Crippen LogP contribution in [0.1, 0.15) is 17.3 Å². The SMILES string of the molecule is Nc1c2c(nn1C1CS(=O)(=O)C1)CSCC2. The third kappa shape index (κ3) is 1.53. The quantitative estimate of drug-likeness (QED) is 0.781. The van der Waals surface area contributed by atoms with Crippen molar-refractivity contribution in [2.24, 2.45) is 0 Å². The second-order valence-electron chi connectivity index (χ2n) is 4.29. The Hall–Kier alpha value is -0.690. The molecule has 1 aromatic rings. The van der Waals surface area contributed by atoms with Crippen LogP contribution in [0, 0.1) is 0 Å². The molecule has 0 spiro atoms. The second kappa shape index (κ2) is 3.40. The summed E-state index contributed by atoms with van der Waals surface area (Å²) in [5.41, 5.74) is 8.19. The fourth-order valence-corrected chi connectivity index (χ4v) is 4.49. The lowest BCUT2D eigenvalue weighted by molar-refractivity contribution is 0.476. The van der Waals surface area contributed by atoms with Gasteiger partial charge in [0.1, 0.15) is 5.82 Å². The van der Waals surface area contributed by atoms with Crippen molar-refractivity contribution in [1.29, 1.82) is 0 Å². The summed E-state index contributed by atoms with van der Waals surface area (Å²) in [6.45, 7) is 0. The minimum Gasteiger partial charge on any atom is -0.384 e. The minimum absolute atomic E-state index is 0.0411. The maximum atomic E-state index is 11.1. The number of thioether (sulfide) groups is 1. The highest BCUT2D eigenvalue weighted by Crippen LogP contribution is 2.33. The summed E-state index contributed by atoms with van der Waals surface area (Å²) in [6.07, 6.45) is 0.950. The Bertz CT molecular complexity index is 523. The summed E-state index contributed by atoms with van der Waals surface area (Å²) in [5, 5.41) is 4.44. The molecule has 2 aliphatic heterocycles. The van der Waals surface area contributed by atoms with Crippen LogP contribution in [-0.4, -0.2) is 35.5 Å². The van der Waals surface area contributed by atoms with Crippen LogP contribution >= 0.6 is 11.8 Å². The van der Waals surface area contributed by atoms with Gasteiger partial charge >= 0.3 is 0 Å². The van der Waals surface area contributed by atoms with Crippen molar-refractivity contribution in [3.05, 3.63) is 11.3 Å². The average Bonchev–Trinajstić information content (AvgIpc) is 2.53. The number of nitrogens with zero attached hydrogens (tertiary/aromatic N) is 2. The topological polar surface area (TPSA) is 78.0 Å². The Balaban J connectivity index is 1.94. The maximum absolute atomic E-state index is 11.1. The fourth-order valence-electron chi connectivity index (χ4n) is 2.22. The lowest BCUT2D eigenvalue weighted by atomic mass is 10.2. The number of hydrogen-bond donors (Lipinski definition) is 1. The first kappa shape index (κ1) is 10.5. The van der Waals surface area contributed by atoms with Crippen molar-refractivity contribution in [3.63, 3.8) is 0 Å². The molecule has 0 aliphatic carbocycles. The van der Waals surface area contributed by atoms with Crippen LogP contribution < -0.4 is 5.73 Å². The molecule has 0 bridgehead atoms. The van der Waals surface area contributed by atoms with Crippen LogP contribution in [0.15, 0.2) is 0 Å². The van der Waals surface area contributed by atoms with E-state index in [4.69, 9.17) is 5.73 Å². The average molecular weight is 259 g/mol. The third-order valence-electron chi connectivity index (χ3n) is 3.11. The van der Waals surface area contributed by atoms with Gasteiger partial charge < -0.3 is 5.73 Å². The zero-order valence-electron chi connectivity index (χ0n) is 8.72. The van der Waals surface area contributed by atoms with Crippen LogP contribution in [0.3, 0.4) is 0 Å².